The maximum Gasteiger partial charge on any atom is 0.372 e. The molecule has 1 amide bonds. The topological polar surface area (TPSA) is 73.0 Å². The van der Waals surface area contributed by atoms with Gasteiger partial charge in [0.1, 0.15) is 0 Å². The summed E-state index contributed by atoms with van der Waals surface area (Å²) in [6, 6.07) is 0.118. The van der Waals surface area contributed by atoms with E-state index in [1.54, 1.807) is 4.90 Å². The molecule has 1 aliphatic heterocycles. The van der Waals surface area contributed by atoms with Crippen molar-refractivity contribution in [3.63, 3.8) is 0 Å². The van der Waals surface area contributed by atoms with Crippen molar-refractivity contribution in [1.29, 1.82) is 0 Å². The lowest BCUT2D eigenvalue weighted by atomic mass is 10.2. The zero-order chi connectivity index (χ0) is 12.9. The first kappa shape index (κ1) is 11.4. The second kappa shape index (κ2) is 3.93. The van der Waals surface area contributed by atoms with Crippen LogP contribution in [0.4, 0.5) is 4.79 Å². The highest BCUT2D eigenvalue weighted by atomic mass is 16.2. The summed E-state index contributed by atoms with van der Waals surface area (Å²) in [6.07, 6.45) is 3.84. The van der Waals surface area contributed by atoms with Crippen LogP contribution in [0.5, 0.6) is 0 Å². The molecule has 1 aliphatic carbocycles. The van der Waals surface area contributed by atoms with Crippen LogP contribution < -0.4 is 5.69 Å². The molecule has 7 heteroatoms. The number of aromatic nitrogens is 4. The SMILES string of the molecule is CC1CCC(C)N1C(=O)n1nnn(C2CC2)c1=O. The first-order valence-corrected chi connectivity index (χ1v) is 6.46. The molecule has 2 aliphatic rings. The van der Waals surface area contributed by atoms with Gasteiger partial charge >= 0.3 is 11.7 Å². The molecular formula is C11H17N5O2. The standard InChI is InChI=1S/C11H17N5O2/c1-7-3-4-8(2)14(7)10(17)16-11(18)15(12-13-16)9-5-6-9/h7-9H,3-6H2,1-2H3. The molecule has 1 saturated carbocycles. The fraction of sp³-hybridized carbons (Fsp3) is 0.818. The molecule has 0 bridgehead atoms. The van der Waals surface area contributed by atoms with Crippen LogP contribution in [-0.4, -0.2) is 42.8 Å². The molecule has 0 N–H and O–H groups in total. The summed E-state index contributed by atoms with van der Waals surface area (Å²) in [5, 5.41) is 7.51. The molecule has 1 saturated heterocycles. The Morgan fingerprint density at radius 2 is 1.72 bits per heavy atom. The molecule has 7 nitrogen and oxygen atoms in total. The number of rotatable bonds is 1. The molecule has 98 valence electrons. The molecule has 18 heavy (non-hydrogen) atoms. The highest BCUT2D eigenvalue weighted by Gasteiger charge is 2.35. The van der Waals surface area contributed by atoms with Crippen LogP contribution in [0.25, 0.3) is 0 Å². The van der Waals surface area contributed by atoms with Crippen LogP contribution >= 0.6 is 0 Å². The van der Waals surface area contributed by atoms with Gasteiger partial charge in [0.25, 0.3) is 0 Å². The largest absolute Gasteiger partial charge is 0.372 e. The summed E-state index contributed by atoms with van der Waals surface area (Å²) in [6.45, 7) is 4.00. The van der Waals surface area contributed by atoms with Crippen LogP contribution in [0.1, 0.15) is 45.6 Å². The van der Waals surface area contributed by atoms with E-state index in [4.69, 9.17) is 0 Å². The van der Waals surface area contributed by atoms with E-state index in [1.165, 1.54) is 4.68 Å². The second-order valence-electron chi connectivity index (χ2n) is 5.31. The monoisotopic (exact) mass is 251 g/mol. The number of nitrogens with zero attached hydrogens (tertiary/aromatic N) is 5. The average Bonchev–Trinajstić information content (AvgIpc) is 3.02. The van der Waals surface area contributed by atoms with Crippen LogP contribution in [0.15, 0.2) is 4.79 Å². The van der Waals surface area contributed by atoms with E-state index in [0.29, 0.717) is 0 Å². The van der Waals surface area contributed by atoms with Crippen LogP contribution in [-0.2, 0) is 0 Å². The Hall–Kier alpha value is -1.66. The highest BCUT2D eigenvalue weighted by Crippen LogP contribution is 2.32. The van der Waals surface area contributed by atoms with Gasteiger partial charge in [-0.1, -0.05) is 0 Å². The van der Waals surface area contributed by atoms with Gasteiger partial charge in [0.15, 0.2) is 0 Å². The zero-order valence-electron chi connectivity index (χ0n) is 10.6. The normalized spacial score (nSPS) is 27.8. The molecule has 2 unspecified atom stereocenters. The highest BCUT2D eigenvalue weighted by molar-refractivity contribution is 5.76. The predicted molar refractivity (Wildman–Crippen MR) is 63.3 cm³/mol. The van der Waals surface area contributed by atoms with E-state index in [2.05, 4.69) is 10.4 Å². The predicted octanol–water partition coefficient (Wildman–Crippen LogP) is 0.616. The van der Waals surface area contributed by atoms with Gasteiger partial charge in [-0.2, -0.15) is 4.68 Å². The van der Waals surface area contributed by atoms with Gasteiger partial charge in [-0.05, 0) is 50.0 Å². The van der Waals surface area contributed by atoms with Gasteiger partial charge in [0.05, 0.1) is 6.04 Å². The Bertz CT molecular complexity index is 520. The number of amides is 1. The van der Waals surface area contributed by atoms with Gasteiger partial charge in [-0.15, -0.1) is 4.68 Å². The molecule has 2 fully saturated rings. The van der Waals surface area contributed by atoms with E-state index in [1.807, 2.05) is 13.8 Å². The fourth-order valence-corrected chi connectivity index (χ4v) is 2.61. The number of hydrogen-bond acceptors (Lipinski definition) is 4. The minimum atomic E-state index is -0.409. The molecule has 2 atom stereocenters. The summed E-state index contributed by atoms with van der Waals surface area (Å²) in [7, 11) is 0. The number of tetrazole rings is 1. The third-order valence-corrected chi connectivity index (χ3v) is 3.85. The van der Waals surface area contributed by atoms with Gasteiger partial charge in [-0.3, -0.25) is 0 Å². The maximum atomic E-state index is 12.3. The number of likely N-dealkylation sites (tertiary alicyclic amines) is 1. The van der Waals surface area contributed by atoms with Crippen molar-refractivity contribution in [1.82, 2.24) is 24.7 Å². The number of carbonyl (C=O) groups is 1. The summed E-state index contributed by atoms with van der Waals surface area (Å²) in [5.74, 6) is 0. The van der Waals surface area contributed by atoms with Crippen molar-refractivity contribution in [2.24, 2.45) is 0 Å². The first-order chi connectivity index (χ1) is 8.59. The Morgan fingerprint density at radius 3 is 2.28 bits per heavy atom. The first-order valence-electron chi connectivity index (χ1n) is 6.46. The van der Waals surface area contributed by atoms with Crippen molar-refractivity contribution in [3.8, 4) is 0 Å². The van der Waals surface area contributed by atoms with Crippen LogP contribution in [0.3, 0.4) is 0 Å². The van der Waals surface area contributed by atoms with Gasteiger partial charge in [0, 0.05) is 12.1 Å². The summed E-state index contributed by atoms with van der Waals surface area (Å²) >= 11 is 0. The van der Waals surface area contributed by atoms with E-state index in [-0.39, 0.29) is 24.2 Å². The molecule has 2 heterocycles. The zero-order valence-corrected chi connectivity index (χ0v) is 10.6. The number of carbonyl (C=O) groups excluding carboxylic acids is 1. The van der Waals surface area contributed by atoms with Crippen molar-refractivity contribution in [2.45, 2.75) is 57.7 Å². The molecule has 1 aromatic rings. The third-order valence-electron chi connectivity index (χ3n) is 3.85. The summed E-state index contributed by atoms with van der Waals surface area (Å²) in [4.78, 5) is 26.1. The van der Waals surface area contributed by atoms with Gasteiger partial charge in [0.2, 0.25) is 0 Å². The Morgan fingerprint density at radius 1 is 1.11 bits per heavy atom. The van der Waals surface area contributed by atoms with Crippen molar-refractivity contribution >= 4 is 6.03 Å². The average molecular weight is 251 g/mol. The van der Waals surface area contributed by atoms with Crippen LogP contribution in [0.2, 0.25) is 0 Å². The maximum absolute atomic E-state index is 12.3. The minimum Gasteiger partial charge on any atom is -0.317 e. The molecular weight excluding hydrogens is 234 g/mol. The number of hydrogen-bond donors (Lipinski definition) is 0. The van der Waals surface area contributed by atoms with Gasteiger partial charge in [-0.25, -0.2) is 9.59 Å². The van der Waals surface area contributed by atoms with Crippen molar-refractivity contribution in [2.75, 3.05) is 0 Å². The third kappa shape index (κ3) is 1.65. The summed E-state index contributed by atoms with van der Waals surface area (Å²) < 4.78 is 2.22. The smallest absolute Gasteiger partial charge is 0.317 e. The second-order valence-corrected chi connectivity index (χ2v) is 5.31. The van der Waals surface area contributed by atoms with E-state index in [0.717, 1.165) is 30.4 Å². The van der Waals surface area contributed by atoms with Crippen LogP contribution in [0, 0.1) is 0 Å². The lowest BCUT2D eigenvalue weighted by Crippen LogP contribution is -2.45. The Kier molecular flexibility index (Phi) is 2.49. The fourth-order valence-electron chi connectivity index (χ4n) is 2.61. The molecule has 3 rings (SSSR count). The summed E-state index contributed by atoms with van der Waals surface area (Å²) in [5.41, 5.74) is -0.409. The van der Waals surface area contributed by atoms with E-state index in [9.17, 15) is 9.59 Å². The lowest BCUT2D eigenvalue weighted by Gasteiger charge is -2.24. The van der Waals surface area contributed by atoms with Crippen molar-refractivity contribution < 1.29 is 4.79 Å². The Labute approximate surface area is 104 Å². The molecule has 1 aromatic heterocycles. The quantitative estimate of drug-likeness (QED) is 0.686. The van der Waals surface area contributed by atoms with E-state index < -0.39 is 5.69 Å². The molecule has 0 aromatic carbocycles. The Balaban J connectivity index is 1.90. The molecule has 0 spiro atoms. The van der Waals surface area contributed by atoms with Gasteiger partial charge < -0.3 is 4.90 Å². The van der Waals surface area contributed by atoms with E-state index >= 15 is 0 Å². The molecule has 0 radical (unpaired) electrons. The lowest BCUT2D eigenvalue weighted by molar-refractivity contribution is 0.177. The minimum absolute atomic E-state index is 0.146. The van der Waals surface area contributed by atoms with Crippen molar-refractivity contribution in [3.05, 3.63) is 10.5 Å².